The SMILES string of the molecule is Cn1c(=O)n(CC(=O)N2CCN(c3cccc4c3C(C(=O)Cc3ccccc3)NCC4)CC2)c2ccccc21. The number of imidazole rings is 1. The number of fused-ring (bicyclic) bond motifs is 2. The lowest BCUT2D eigenvalue weighted by atomic mass is 9.88. The Morgan fingerprint density at radius 1 is 0.872 bits per heavy atom. The third kappa shape index (κ3) is 4.76. The van der Waals surface area contributed by atoms with Gasteiger partial charge in [-0.25, -0.2) is 4.79 Å². The van der Waals surface area contributed by atoms with Gasteiger partial charge in [0.15, 0.2) is 5.78 Å². The molecule has 4 aromatic rings. The van der Waals surface area contributed by atoms with Gasteiger partial charge in [-0.05, 0) is 35.7 Å². The second-order valence-electron chi connectivity index (χ2n) is 10.4. The lowest BCUT2D eigenvalue weighted by molar-refractivity contribution is -0.132. The number of aryl methyl sites for hydroxylation is 1. The van der Waals surface area contributed by atoms with Crippen molar-refractivity contribution in [2.24, 2.45) is 7.05 Å². The molecule has 8 nitrogen and oxygen atoms in total. The van der Waals surface area contributed by atoms with Crippen LogP contribution in [0.25, 0.3) is 11.0 Å². The fourth-order valence-corrected chi connectivity index (χ4v) is 6.00. The number of amides is 1. The molecule has 3 heterocycles. The number of carbonyl (C=O) groups is 2. The van der Waals surface area contributed by atoms with E-state index in [1.165, 1.54) is 5.56 Å². The zero-order valence-corrected chi connectivity index (χ0v) is 22.2. The van der Waals surface area contributed by atoms with Crippen molar-refractivity contribution < 1.29 is 9.59 Å². The molecular formula is C31H33N5O3. The van der Waals surface area contributed by atoms with Crippen molar-refractivity contribution in [1.82, 2.24) is 19.4 Å². The van der Waals surface area contributed by atoms with Gasteiger partial charge in [-0.15, -0.1) is 0 Å². The Labute approximate surface area is 227 Å². The average molecular weight is 524 g/mol. The number of ketones is 1. The van der Waals surface area contributed by atoms with E-state index in [1.54, 1.807) is 16.2 Å². The maximum Gasteiger partial charge on any atom is 0.329 e. The predicted molar refractivity (Wildman–Crippen MR) is 152 cm³/mol. The van der Waals surface area contributed by atoms with E-state index in [-0.39, 0.29) is 30.0 Å². The van der Waals surface area contributed by atoms with Crippen LogP contribution in [0.2, 0.25) is 0 Å². The van der Waals surface area contributed by atoms with E-state index >= 15 is 0 Å². The highest BCUT2D eigenvalue weighted by Gasteiger charge is 2.31. The second-order valence-corrected chi connectivity index (χ2v) is 10.4. The molecule has 1 fully saturated rings. The molecule has 1 amide bonds. The number of anilines is 1. The molecule has 1 unspecified atom stereocenters. The predicted octanol–water partition coefficient (Wildman–Crippen LogP) is 2.69. The molecule has 200 valence electrons. The van der Waals surface area contributed by atoms with Gasteiger partial charge in [-0.2, -0.15) is 0 Å². The number of benzene rings is 3. The summed E-state index contributed by atoms with van der Waals surface area (Å²) < 4.78 is 3.15. The summed E-state index contributed by atoms with van der Waals surface area (Å²) in [5.41, 5.74) is 5.79. The van der Waals surface area contributed by atoms with Gasteiger partial charge in [0.05, 0.1) is 17.1 Å². The Hall–Kier alpha value is -4.17. The zero-order valence-electron chi connectivity index (χ0n) is 22.2. The summed E-state index contributed by atoms with van der Waals surface area (Å²) >= 11 is 0. The summed E-state index contributed by atoms with van der Waals surface area (Å²) in [6.07, 6.45) is 1.28. The van der Waals surface area contributed by atoms with E-state index in [0.717, 1.165) is 40.8 Å². The lowest BCUT2D eigenvalue weighted by Gasteiger charge is -2.39. The van der Waals surface area contributed by atoms with Crippen molar-refractivity contribution in [2.45, 2.75) is 25.4 Å². The first kappa shape index (κ1) is 25.1. The number of rotatable bonds is 6. The number of nitrogens with zero attached hydrogens (tertiary/aromatic N) is 4. The molecule has 0 radical (unpaired) electrons. The van der Waals surface area contributed by atoms with Crippen LogP contribution in [0.15, 0.2) is 77.6 Å². The van der Waals surface area contributed by atoms with Crippen LogP contribution < -0.4 is 15.9 Å². The van der Waals surface area contributed by atoms with E-state index < -0.39 is 0 Å². The standard InChI is InChI=1S/C31H33N5O3/c1-33-24-11-5-6-12-25(24)36(31(33)39)21-28(38)35-18-16-34(17-19-35)26-13-7-10-23-14-15-32-30(29(23)26)27(37)20-22-8-3-2-4-9-22/h2-13,30,32H,14-21H2,1H3. The third-order valence-electron chi connectivity index (χ3n) is 8.07. The molecule has 39 heavy (non-hydrogen) atoms. The van der Waals surface area contributed by atoms with Gasteiger partial charge < -0.3 is 15.1 Å². The minimum atomic E-state index is -0.344. The van der Waals surface area contributed by atoms with Crippen LogP contribution in [0.4, 0.5) is 5.69 Å². The van der Waals surface area contributed by atoms with Gasteiger partial charge in [-0.1, -0.05) is 54.6 Å². The molecule has 1 N–H and O–H groups in total. The molecule has 1 aromatic heterocycles. The van der Waals surface area contributed by atoms with Gasteiger partial charge in [0.2, 0.25) is 5.91 Å². The summed E-state index contributed by atoms with van der Waals surface area (Å²) in [4.78, 5) is 43.6. The number of piperazine rings is 1. The molecule has 1 saturated heterocycles. The first-order valence-corrected chi connectivity index (χ1v) is 13.6. The van der Waals surface area contributed by atoms with Crippen molar-refractivity contribution >= 4 is 28.4 Å². The fourth-order valence-electron chi connectivity index (χ4n) is 6.00. The Morgan fingerprint density at radius 2 is 1.59 bits per heavy atom. The number of hydrogen-bond donors (Lipinski definition) is 1. The normalized spacial score (nSPS) is 17.3. The van der Waals surface area contributed by atoms with E-state index in [9.17, 15) is 14.4 Å². The monoisotopic (exact) mass is 523 g/mol. The second kappa shape index (κ2) is 10.5. The van der Waals surface area contributed by atoms with Crippen LogP contribution in [0.1, 0.15) is 22.7 Å². The molecule has 0 spiro atoms. The molecule has 0 saturated carbocycles. The number of Topliss-reactive ketones (excluding diaryl/α,β-unsaturated/α-hetero) is 1. The molecule has 3 aromatic carbocycles. The van der Waals surface area contributed by atoms with Crippen molar-refractivity contribution in [3.63, 3.8) is 0 Å². The summed E-state index contributed by atoms with van der Waals surface area (Å²) in [5.74, 6) is 0.115. The Balaban J connectivity index is 1.17. The number of aromatic nitrogens is 2. The fraction of sp³-hybridized carbons (Fsp3) is 0.323. The first-order valence-electron chi connectivity index (χ1n) is 13.6. The van der Waals surface area contributed by atoms with Gasteiger partial charge in [-0.3, -0.25) is 18.7 Å². The average Bonchev–Trinajstić information content (AvgIpc) is 3.22. The number of hydrogen-bond acceptors (Lipinski definition) is 5. The zero-order chi connectivity index (χ0) is 26.9. The van der Waals surface area contributed by atoms with Crippen molar-refractivity contribution in [3.05, 3.63) is 100.0 Å². The third-order valence-corrected chi connectivity index (χ3v) is 8.07. The molecule has 8 heteroatoms. The lowest BCUT2D eigenvalue weighted by Crippen LogP contribution is -2.50. The van der Waals surface area contributed by atoms with E-state index in [0.29, 0.717) is 32.6 Å². The first-order chi connectivity index (χ1) is 19.0. The Bertz CT molecular complexity index is 1580. The Kier molecular flexibility index (Phi) is 6.79. The number of carbonyl (C=O) groups excluding carboxylic acids is 2. The molecule has 6 rings (SSSR count). The largest absolute Gasteiger partial charge is 0.368 e. The van der Waals surface area contributed by atoms with Crippen LogP contribution >= 0.6 is 0 Å². The van der Waals surface area contributed by atoms with Gasteiger partial charge >= 0.3 is 5.69 Å². The highest BCUT2D eigenvalue weighted by atomic mass is 16.2. The van der Waals surface area contributed by atoms with Crippen molar-refractivity contribution in [3.8, 4) is 0 Å². The molecule has 0 aliphatic carbocycles. The highest BCUT2D eigenvalue weighted by Crippen LogP contribution is 2.34. The van der Waals surface area contributed by atoms with E-state index in [1.807, 2.05) is 59.5 Å². The van der Waals surface area contributed by atoms with Crippen molar-refractivity contribution in [1.29, 1.82) is 0 Å². The number of nitrogens with one attached hydrogen (secondary N) is 1. The minimum absolute atomic E-state index is 0.0287. The highest BCUT2D eigenvalue weighted by molar-refractivity contribution is 5.90. The van der Waals surface area contributed by atoms with Gasteiger partial charge in [0.25, 0.3) is 0 Å². The van der Waals surface area contributed by atoms with E-state index in [4.69, 9.17) is 0 Å². The van der Waals surface area contributed by atoms with E-state index in [2.05, 4.69) is 28.4 Å². The van der Waals surface area contributed by atoms with Crippen molar-refractivity contribution in [2.75, 3.05) is 37.6 Å². The van der Waals surface area contributed by atoms with Gasteiger partial charge in [0.1, 0.15) is 6.54 Å². The smallest absolute Gasteiger partial charge is 0.329 e. The molecule has 1 atom stereocenters. The summed E-state index contributed by atoms with van der Waals surface area (Å²) in [6.45, 7) is 3.28. The molecule has 2 aliphatic heterocycles. The maximum absolute atomic E-state index is 13.4. The van der Waals surface area contributed by atoms with Crippen LogP contribution in [-0.4, -0.2) is 58.4 Å². The summed E-state index contributed by atoms with van der Waals surface area (Å²) in [7, 11) is 1.73. The van der Waals surface area contributed by atoms with Crippen LogP contribution in [0.3, 0.4) is 0 Å². The van der Waals surface area contributed by atoms with Gasteiger partial charge in [0, 0.05) is 57.4 Å². The summed E-state index contributed by atoms with van der Waals surface area (Å²) in [5, 5.41) is 3.48. The number of para-hydroxylation sites is 2. The topological polar surface area (TPSA) is 79.6 Å². The van der Waals surface area contributed by atoms with Crippen LogP contribution in [-0.2, 0) is 36.0 Å². The Morgan fingerprint density at radius 3 is 2.36 bits per heavy atom. The molecule has 2 aliphatic rings. The maximum atomic E-state index is 13.4. The van der Waals surface area contributed by atoms with Crippen LogP contribution in [0, 0.1) is 0 Å². The molecule has 0 bridgehead atoms. The van der Waals surface area contributed by atoms with Crippen LogP contribution in [0.5, 0.6) is 0 Å². The molecular weight excluding hydrogens is 490 g/mol. The summed E-state index contributed by atoms with van der Waals surface area (Å²) in [6, 6.07) is 23.4. The quantitative estimate of drug-likeness (QED) is 0.421. The minimum Gasteiger partial charge on any atom is -0.368 e.